The van der Waals surface area contributed by atoms with Gasteiger partial charge in [-0.15, -0.1) is 22.7 Å². The fourth-order valence-corrected chi connectivity index (χ4v) is 10.1. The van der Waals surface area contributed by atoms with Crippen molar-refractivity contribution in [2.75, 3.05) is 0 Å². The maximum absolute atomic E-state index is 5.20. The standard InChI is InChI=1S/C41H23N5S2/c1-3-13-23(14-4-1)39-43-40(24-15-5-2-6-16-24)45-41(44-39)46-30-22-12-10-20-28(30)36-34(46)32-26-18-8-7-17-25(26)31-33-35(47-37(31)38(32)48-36)27-19-9-11-21-29(27)42-33/h1-22,42H. The summed E-state index contributed by atoms with van der Waals surface area (Å²) in [4.78, 5) is 19.2. The highest BCUT2D eigenvalue weighted by Crippen LogP contribution is 2.52. The highest BCUT2D eigenvalue weighted by Gasteiger charge is 2.26. The molecular weight excluding hydrogens is 627 g/mol. The number of nitrogens with zero attached hydrogens (tertiary/aromatic N) is 4. The summed E-state index contributed by atoms with van der Waals surface area (Å²) in [6.45, 7) is 0. The summed E-state index contributed by atoms with van der Waals surface area (Å²) < 4.78 is 7.44. The highest BCUT2D eigenvalue weighted by molar-refractivity contribution is 7.34. The molecule has 11 aromatic rings. The summed E-state index contributed by atoms with van der Waals surface area (Å²) in [6.07, 6.45) is 0. The number of H-pyrrole nitrogens is 1. The van der Waals surface area contributed by atoms with Crippen molar-refractivity contribution in [1.29, 1.82) is 0 Å². The lowest BCUT2D eigenvalue weighted by Gasteiger charge is -2.11. The zero-order valence-corrected chi connectivity index (χ0v) is 26.9. The highest BCUT2D eigenvalue weighted by atomic mass is 32.1. The monoisotopic (exact) mass is 649 g/mol. The number of fused-ring (bicyclic) bond motifs is 14. The SMILES string of the molecule is c1ccc(-c2nc(-c3ccccc3)nc(-n3c4ccccc4c4sc5c6sc7c8ccccc8[nH]c7c6c6ccccc6c5c43)n2)cc1. The van der Waals surface area contributed by atoms with Crippen molar-refractivity contribution < 1.29 is 0 Å². The summed E-state index contributed by atoms with van der Waals surface area (Å²) in [6, 6.07) is 46.5. The van der Waals surface area contributed by atoms with E-state index in [2.05, 4.69) is 107 Å². The molecule has 0 saturated carbocycles. The fraction of sp³-hybridized carbons (Fsp3) is 0. The third-order valence-corrected chi connectivity index (χ3v) is 12.0. The number of rotatable bonds is 3. The van der Waals surface area contributed by atoms with Crippen LogP contribution in [0.4, 0.5) is 0 Å². The van der Waals surface area contributed by atoms with Gasteiger partial charge in [0, 0.05) is 38.2 Å². The van der Waals surface area contributed by atoms with Gasteiger partial charge in [0.2, 0.25) is 5.95 Å². The lowest BCUT2D eigenvalue weighted by atomic mass is 10.0. The Morgan fingerprint density at radius 2 is 1.00 bits per heavy atom. The van der Waals surface area contributed by atoms with Gasteiger partial charge < -0.3 is 4.98 Å². The third kappa shape index (κ3) is 3.57. The van der Waals surface area contributed by atoms with Crippen LogP contribution in [-0.4, -0.2) is 24.5 Å². The lowest BCUT2D eigenvalue weighted by molar-refractivity contribution is 0.955. The summed E-state index contributed by atoms with van der Waals surface area (Å²) in [5, 5.41) is 7.49. The van der Waals surface area contributed by atoms with Crippen LogP contribution >= 0.6 is 22.7 Å². The molecule has 0 bridgehead atoms. The Balaban J connectivity index is 1.32. The van der Waals surface area contributed by atoms with Crippen molar-refractivity contribution in [3.05, 3.63) is 133 Å². The van der Waals surface area contributed by atoms with Gasteiger partial charge in [-0.3, -0.25) is 4.57 Å². The third-order valence-electron chi connectivity index (χ3n) is 9.40. The number of benzene rings is 6. The number of para-hydroxylation sites is 2. The largest absolute Gasteiger partial charge is 0.353 e. The Kier molecular flexibility index (Phi) is 5.36. The van der Waals surface area contributed by atoms with Crippen molar-refractivity contribution in [2.24, 2.45) is 0 Å². The molecule has 0 amide bonds. The molecule has 5 aromatic heterocycles. The predicted molar refractivity (Wildman–Crippen MR) is 203 cm³/mol. The van der Waals surface area contributed by atoms with Gasteiger partial charge in [0.25, 0.3) is 0 Å². The minimum absolute atomic E-state index is 0.613. The number of hydrogen-bond acceptors (Lipinski definition) is 5. The van der Waals surface area contributed by atoms with E-state index in [1.165, 1.54) is 62.2 Å². The Morgan fingerprint density at radius 1 is 0.458 bits per heavy atom. The molecule has 11 rings (SSSR count). The van der Waals surface area contributed by atoms with Gasteiger partial charge in [-0.2, -0.15) is 9.97 Å². The molecular formula is C41H23N5S2. The Hall–Kier alpha value is -5.89. The molecule has 5 nitrogen and oxygen atoms in total. The Bertz CT molecular complexity index is 3000. The number of thiophene rings is 2. The molecule has 6 aromatic carbocycles. The summed E-state index contributed by atoms with van der Waals surface area (Å²) >= 11 is 3.78. The average Bonchev–Trinajstić information content (AvgIpc) is 3.90. The topological polar surface area (TPSA) is 59.4 Å². The average molecular weight is 650 g/mol. The second kappa shape index (κ2) is 9.81. The van der Waals surface area contributed by atoms with Crippen LogP contribution in [0, 0.1) is 0 Å². The van der Waals surface area contributed by atoms with E-state index in [1.807, 2.05) is 59.1 Å². The predicted octanol–water partition coefficient (Wildman–Crippen LogP) is 11.5. The van der Waals surface area contributed by atoms with E-state index in [0.29, 0.717) is 17.6 Å². The molecule has 0 aliphatic heterocycles. The number of nitrogens with one attached hydrogen (secondary N) is 1. The van der Waals surface area contributed by atoms with Gasteiger partial charge in [0.05, 0.1) is 35.3 Å². The minimum atomic E-state index is 0.613. The van der Waals surface area contributed by atoms with Gasteiger partial charge in [-0.05, 0) is 22.9 Å². The van der Waals surface area contributed by atoms with Crippen molar-refractivity contribution in [3.8, 4) is 28.7 Å². The van der Waals surface area contributed by atoms with Crippen LogP contribution in [0.5, 0.6) is 0 Å². The van der Waals surface area contributed by atoms with Crippen LogP contribution in [-0.2, 0) is 0 Å². The molecule has 0 radical (unpaired) electrons. The molecule has 0 spiro atoms. The molecule has 1 N–H and O–H groups in total. The van der Waals surface area contributed by atoms with Gasteiger partial charge in [-0.25, -0.2) is 4.98 Å². The van der Waals surface area contributed by atoms with Gasteiger partial charge in [0.15, 0.2) is 11.6 Å². The first kappa shape index (κ1) is 26.2. The molecule has 0 atom stereocenters. The van der Waals surface area contributed by atoms with Crippen molar-refractivity contribution in [2.45, 2.75) is 0 Å². The molecule has 224 valence electrons. The maximum atomic E-state index is 5.20. The Labute approximate surface area is 281 Å². The molecule has 0 fully saturated rings. The van der Waals surface area contributed by atoms with E-state index >= 15 is 0 Å². The summed E-state index contributed by atoms with van der Waals surface area (Å²) in [5.41, 5.74) is 6.52. The molecule has 48 heavy (non-hydrogen) atoms. The van der Waals surface area contributed by atoms with Crippen LogP contribution in [0.2, 0.25) is 0 Å². The smallest absolute Gasteiger partial charge is 0.238 e. The van der Waals surface area contributed by atoms with Crippen LogP contribution in [0.15, 0.2) is 133 Å². The number of aromatic nitrogens is 5. The van der Waals surface area contributed by atoms with E-state index in [1.54, 1.807) is 0 Å². The first-order valence-corrected chi connectivity index (χ1v) is 17.5. The molecule has 0 aliphatic rings. The molecule has 0 unspecified atom stereocenters. The van der Waals surface area contributed by atoms with Crippen LogP contribution in [0.1, 0.15) is 0 Å². The quantitative estimate of drug-likeness (QED) is 0.207. The molecule has 0 aliphatic carbocycles. The second-order valence-corrected chi connectivity index (χ2v) is 14.1. The maximum Gasteiger partial charge on any atom is 0.238 e. The summed E-state index contributed by atoms with van der Waals surface area (Å²) in [5.74, 6) is 1.91. The van der Waals surface area contributed by atoms with Gasteiger partial charge >= 0.3 is 0 Å². The summed E-state index contributed by atoms with van der Waals surface area (Å²) in [7, 11) is 0. The molecule has 7 heteroatoms. The van der Waals surface area contributed by atoms with Crippen LogP contribution in [0.3, 0.4) is 0 Å². The van der Waals surface area contributed by atoms with Gasteiger partial charge in [0.1, 0.15) is 0 Å². The van der Waals surface area contributed by atoms with Crippen molar-refractivity contribution in [3.63, 3.8) is 0 Å². The van der Waals surface area contributed by atoms with E-state index in [9.17, 15) is 0 Å². The lowest BCUT2D eigenvalue weighted by Crippen LogP contribution is -2.06. The fourth-order valence-electron chi connectivity index (χ4n) is 7.32. The number of hydrogen-bond donors (Lipinski definition) is 1. The first-order valence-electron chi connectivity index (χ1n) is 15.9. The van der Waals surface area contributed by atoms with Crippen molar-refractivity contribution >= 4 is 95.9 Å². The molecule has 5 heterocycles. The normalized spacial score (nSPS) is 12.2. The Morgan fingerprint density at radius 3 is 1.71 bits per heavy atom. The zero-order chi connectivity index (χ0) is 31.3. The second-order valence-electron chi connectivity index (χ2n) is 12.1. The van der Waals surface area contributed by atoms with Crippen molar-refractivity contribution in [1.82, 2.24) is 24.5 Å². The molecule has 0 saturated heterocycles. The van der Waals surface area contributed by atoms with E-state index in [4.69, 9.17) is 15.0 Å². The first-order chi connectivity index (χ1) is 23.8. The number of aromatic amines is 1. The van der Waals surface area contributed by atoms with Gasteiger partial charge in [-0.1, -0.05) is 121 Å². The van der Waals surface area contributed by atoms with E-state index in [0.717, 1.165) is 22.2 Å². The van der Waals surface area contributed by atoms with E-state index in [-0.39, 0.29) is 0 Å². The minimum Gasteiger partial charge on any atom is -0.353 e. The van der Waals surface area contributed by atoms with Crippen LogP contribution in [0.25, 0.3) is 102 Å². The zero-order valence-electron chi connectivity index (χ0n) is 25.3. The van der Waals surface area contributed by atoms with Crippen LogP contribution < -0.4 is 0 Å². The van der Waals surface area contributed by atoms with E-state index < -0.39 is 0 Å².